The van der Waals surface area contributed by atoms with Crippen LogP contribution in [0.2, 0.25) is 5.02 Å². The molecule has 13 heteroatoms. The molecule has 1 aromatic heterocycles. The van der Waals surface area contributed by atoms with Gasteiger partial charge in [0.2, 0.25) is 10.0 Å². The van der Waals surface area contributed by atoms with Crippen molar-refractivity contribution in [2.75, 3.05) is 18.9 Å². The van der Waals surface area contributed by atoms with Crippen LogP contribution in [-0.4, -0.2) is 59.3 Å². The maximum Gasteiger partial charge on any atom is 0.349 e. The van der Waals surface area contributed by atoms with Crippen molar-refractivity contribution in [3.8, 4) is 16.2 Å². The number of hydrogen-bond donors (Lipinski definition) is 3. The van der Waals surface area contributed by atoms with Crippen LogP contribution in [0.15, 0.2) is 53.5 Å². The molecule has 0 saturated carbocycles. The molecule has 4 N–H and O–H groups in total. The summed E-state index contributed by atoms with van der Waals surface area (Å²) < 4.78 is 33.3. The zero-order chi connectivity index (χ0) is 29.2. The molecule has 3 aromatic rings. The van der Waals surface area contributed by atoms with Crippen LogP contribution in [0.3, 0.4) is 0 Å². The molecular weight excluding hydrogens is 578 g/mol. The second kappa shape index (κ2) is 11.6. The number of nitrogen functional groups attached to an aromatic ring is 1. The molecule has 1 saturated heterocycles. The molecule has 4 rings (SSSR count). The number of anilines is 1. The summed E-state index contributed by atoms with van der Waals surface area (Å²) in [6.45, 7) is 3.28. The second-order valence-corrected chi connectivity index (χ2v) is 13.2. The van der Waals surface area contributed by atoms with Crippen molar-refractivity contribution in [2.24, 2.45) is 4.99 Å². The Kier molecular flexibility index (Phi) is 8.55. The fourth-order valence-electron chi connectivity index (χ4n) is 4.68. The minimum absolute atomic E-state index is 0.00766. The minimum Gasteiger partial charge on any atom is -0.479 e. The van der Waals surface area contributed by atoms with Crippen LogP contribution in [0.1, 0.15) is 41.9 Å². The van der Waals surface area contributed by atoms with Gasteiger partial charge in [-0.2, -0.15) is 4.31 Å². The van der Waals surface area contributed by atoms with Gasteiger partial charge in [-0.05, 0) is 55.7 Å². The maximum absolute atomic E-state index is 13.3. The van der Waals surface area contributed by atoms with Gasteiger partial charge in [-0.3, -0.25) is 4.99 Å². The van der Waals surface area contributed by atoms with E-state index in [-0.39, 0.29) is 27.9 Å². The van der Waals surface area contributed by atoms with Gasteiger partial charge in [-0.1, -0.05) is 35.9 Å². The predicted molar refractivity (Wildman–Crippen MR) is 155 cm³/mol. The van der Waals surface area contributed by atoms with E-state index >= 15 is 0 Å². The van der Waals surface area contributed by atoms with E-state index in [0.717, 1.165) is 17.0 Å². The number of sulfonamides is 1. The standard InChI is InChI=1S/C27H28ClN3O7S2/c1-27(2)13-20(9-10-31(27)40(36,37)15-16-5-3-7-18(29)11-16)30-19-8-4-6-17(12-19)24-22(28)23(38-14-21(32)33)25(39-24)26(34)35/h3-8,11-12H,9-10,13-15,29H2,1-2H3,(H,32,33)(H,34,35). The van der Waals surface area contributed by atoms with Crippen molar-refractivity contribution in [1.29, 1.82) is 0 Å². The summed E-state index contributed by atoms with van der Waals surface area (Å²) in [5, 5.41) is 18.5. The SMILES string of the molecule is CC1(C)CC(=Nc2cccc(-c3sc(C(=O)O)c(OCC(=O)O)c3Cl)c2)CCN1S(=O)(=O)Cc1cccc(N)c1. The average molecular weight is 606 g/mol. The van der Waals surface area contributed by atoms with Gasteiger partial charge < -0.3 is 20.7 Å². The molecule has 2 heterocycles. The first kappa shape index (κ1) is 29.5. The number of benzene rings is 2. The zero-order valence-corrected chi connectivity index (χ0v) is 24.1. The number of carboxylic acid groups (broad SMARTS) is 2. The molecule has 0 bridgehead atoms. The summed E-state index contributed by atoms with van der Waals surface area (Å²) in [6.07, 6.45) is 0.864. The number of nitrogens with two attached hydrogens (primary N) is 1. The van der Waals surface area contributed by atoms with E-state index in [1.165, 1.54) is 4.31 Å². The van der Waals surface area contributed by atoms with Gasteiger partial charge in [-0.15, -0.1) is 11.3 Å². The van der Waals surface area contributed by atoms with Gasteiger partial charge in [0.15, 0.2) is 17.2 Å². The largest absolute Gasteiger partial charge is 0.479 e. The Bertz CT molecular complexity index is 1600. The lowest BCUT2D eigenvalue weighted by Gasteiger charge is -2.41. The quantitative estimate of drug-likeness (QED) is 0.277. The third kappa shape index (κ3) is 6.64. The van der Waals surface area contributed by atoms with Gasteiger partial charge >= 0.3 is 11.9 Å². The Morgan fingerprint density at radius 3 is 2.55 bits per heavy atom. The number of piperidine rings is 1. The topological polar surface area (TPSA) is 160 Å². The normalized spacial score (nSPS) is 16.6. The van der Waals surface area contributed by atoms with E-state index < -0.39 is 34.1 Å². The molecule has 212 valence electrons. The van der Waals surface area contributed by atoms with Gasteiger partial charge in [0.25, 0.3) is 0 Å². The predicted octanol–water partition coefficient (Wildman–Crippen LogP) is 5.29. The summed E-state index contributed by atoms with van der Waals surface area (Å²) in [6, 6.07) is 13.9. The smallest absolute Gasteiger partial charge is 0.349 e. The van der Waals surface area contributed by atoms with Crippen LogP contribution >= 0.6 is 22.9 Å². The van der Waals surface area contributed by atoms with Gasteiger partial charge in [0.1, 0.15) is 5.02 Å². The number of nitrogens with zero attached hydrogens (tertiary/aromatic N) is 2. The number of aliphatic carboxylic acids is 1. The third-order valence-corrected chi connectivity index (χ3v) is 10.0. The van der Waals surface area contributed by atoms with Gasteiger partial charge in [0, 0.05) is 29.9 Å². The summed E-state index contributed by atoms with van der Waals surface area (Å²) in [4.78, 5) is 27.6. The van der Waals surface area contributed by atoms with E-state index in [9.17, 15) is 23.1 Å². The molecule has 1 aliphatic heterocycles. The Morgan fingerprint density at radius 2 is 1.90 bits per heavy atom. The average Bonchev–Trinajstić information content (AvgIpc) is 3.18. The molecule has 40 heavy (non-hydrogen) atoms. The number of aromatic carboxylic acids is 1. The van der Waals surface area contributed by atoms with E-state index in [4.69, 9.17) is 32.2 Å². The van der Waals surface area contributed by atoms with Crippen molar-refractivity contribution >= 4 is 62.0 Å². The highest BCUT2D eigenvalue weighted by Crippen LogP contribution is 2.46. The van der Waals surface area contributed by atoms with Crippen LogP contribution in [0.5, 0.6) is 5.75 Å². The van der Waals surface area contributed by atoms with E-state index in [2.05, 4.69) is 0 Å². The van der Waals surface area contributed by atoms with Crippen molar-refractivity contribution in [3.63, 3.8) is 0 Å². The molecule has 2 aromatic carbocycles. The number of thiophene rings is 1. The van der Waals surface area contributed by atoms with Crippen molar-refractivity contribution in [3.05, 3.63) is 64.0 Å². The first-order valence-electron chi connectivity index (χ1n) is 12.2. The van der Waals surface area contributed by atoms with Crippen LogP contribution in [0.4, 0.5) is 11.4 Å². The fraction of sp³-hybridized carbons (Fsp3) is 0.296. The summed E-state index contributed by atoms with van der Waals surface area (Å²) in [7, 11) is -3.61. The minimum atomic E-state index is -3.61. The highest BCUT2D eigenvalue weighted by atomic mass is 35.5. The number of aliphatic imine (C=N–C) groups is 1. The zero-order valence-electron chi connectivity index (χ0n) is 21.8. The van der Waals surface area contributed by atoms with Crippen molar-refractivity contribution < 1.29 is 33.0 Å². The van der Waals surface area contributed by atoms with E-state index in [0.29, 0.717) is 40.2 Å². The molecule has 1 aliphatic rings. The monoisotopic (exact) mass is 605 g/mol. The van der Waals surface area contributed by atoms with Crippen LogP contribution < -0.4 is 10.5 Å². The number of halogens is 1. The molecule has 0 amide bonds. The molecule has 0 unspecified atom stereocenters. The van der Waals surface area contributed by atoms with Crippen LogP contribution in [-0.2, 0) is 20.6 Å². The Balaban J connectivity index is 1.56. The van der Waals surface area contributed by atoms with Crippen LogP contribution in [0.25, 0.3) is 10.4 Å². The van der Waals surface area contributed by atoms with Gasteiger partial charge in [0.05, 0.1) is 16.3 Å². The molecule has 0 aliphatic carbocycles. The lowest BCUT2D eigenvalue weighted by Crippen LogP contribution is -2.53. The summed E-state index contributed by atoms with van der Waals surface area (Å²) in [5.74, 6) is -2.88. The first-order chi connectivity index (χ1) is 18.8. The Labute approximate surface area is 240 Å². The molecule has 10 nitrogen and oxygen atoms in total. The first-order valence-corrected chi connectivity index (χ1v) is 15.0. The number of rotatable bonds is 9. The highest BCUT2D eigenvalue weighted by Gasteiger charge is 2.40. The van der Waals surface area contributed by atoms with E-state index in [1.807, 2.05) is 13.8 Å². The maximum atomic E-state index is 13.3. The third-order valence-electron chi connectivity index (χ3n) is 6.29. The Hall–Kier alpha value is -3.45. The second-order valence-electron chi connectivity index (χ2n) is 9.93. The van der Waals surface area contributed by atoms with Gasteiger partial charge in [-0.25, -0.2) is 18.0 Å². The van der Waals surface area contributed by atoms with Crippen molar-refractivity contribution in [2.45, 2.75) is 38.0 Å². The number of carbonyl (C=O) groups is 2. The number of hydrogen-bond acceptors (Lipinski definition) is 8. The Morgan fingerprint density at radius 1 is 1.18 bits per heavy atom. The molecule has 0 radical (unpaired) electrons. The highest BCUT2D eigenvalue weighted by molar-refractivity contribution is 7.88. The lowest BCUT2D eigenvalue weighted by molar-refractivity contribution is -0.139. The molecule has 0 atom stereocenters. The number of carboxylic acids is 2. The fourth-order valence-corrected chi connectivity index (χ4v) is 8.02. The number of ether oxygens (including phenoxy) is 1. The lowest BCUT2D eigenvalue weighted by atomic mass is 9.91. The van der Waals surface area contributed by atoms with E-state index in [1.54, 1.807) is 48.5 Å². The summed E-state index contributed by atoms with van der Waals surface area (Å²) in [5.41, 5.74) is 8.25. The molecule has 1 fully saturated rings. The van der Waals surface area contributed by atoms with Crippen molar-refractivity contribution in [1.82, 2.24) is 4.31 Å². The molecule has 0 spiro atoms. The molecular formula is C27H28ClN3O7S2. The summed E-state index contributed by atoms with van der Waals surface area (Å²) >= 11 is 7.30. The van der Waals surface area contributed by atoms with Crippen LogP contribution in [0, 0.1) is 0 Å².